The molecule has 0 amide bonds. The van der Waals surface area contributed by atoms with Crippen molar-refractivity contribution in [3.05, 3.63) is 41.7 Å². The molecule has 25 heavy (non-hydrogen) atoms. The van der Waals surface area contributed by atoms with Crippen LogP contribution in [0, 0.1) is 5.92 Å². The molecule has 1 aromatic carbocycles. The minimum absolute atomic E-state index is 0.0178. The first-order valence-corrected chi connectivity index (χ1v) is 9.18. The molecule has 2 aromatic rings. The SMILES string of the molecule is CC(C)(C)n1cc(CN[C@H](c2ccc3c(c2)OCCO3)C2CC2)cn1. The number of benzene rings is 1. The lowest BCUT2D eigenvalue weighted by atomic mass is 10.0. The molecule has 2 heterocycles. The Labute approximate surface area is 149 Å². The summed E-state index contributed by atoms with van der Waals surface area (Å²) < 4.78 is 13.4. The second-order valence-electron chi connectivity index (χ2n) is 8.06. The maximum absolute atomic E-state index is 5.75. The average molecular weight is 341 g/mol. The van der Waals surface area contributed by atoms with E-state index >= 15 is 0 Å². The van der Waals surface area contributed by atoms with Crippen molar-refractivity contribution >= 4 is 0 Å². The van der Waals surface area contributed by atoms with E-state index in [-0.39, 0.29) is 5.54 Å². The summed E-state index contributed by atoms with van der Waals surface area (Å²) in [5.74, 6) is 2.44. The molecule has 1 aliphatic carbocycles. The van der Waals surface area contributed by atoms with Crippen LogP contribution in [0.1, 0.15) is 50.8 Å². The van der Waals surface area contributed by atoms with Gasteiger partial charge >= 0.3 is 0 Å². The lowest BCUT2D eigenvalue weighted by molar-refractivity contribution is 0.171. The Balaban J connectivity index is 1.48. The van der Waals surface area contributed by atoms with E-state index in [1.807, 2.05) is 16.9 Å². The first-order chi connectivity index (χ1) is 12.0. The van der Waals surface area contributed by atoms with Gasteiger partial charge in [-0.25, -0.2) is 0 Å². The van der Waals surface area contributed by atoms with Gasteiger partial charge in [0.05, 0.1) is 11.7 Å². The highest BCUT2D eigenvalue weighted by molar-refractivity contribution is 5.45. The van der Waals surface area contributed by atoms with Gasteiger partial charge < -0.3 is 14.8 Å². The Hall–Kier alpha value is -2.01. The fourth-order valence-electron chi connectivity index (χ4n) is 3.29. The summed E-state index contributed by atoms with van der Waals surface area (Å²) in [7, 11) is 0. The molecule has 134 valence electrons. The predicted molar refractivity (Wildman–Crippen MR) is 97.0 cm³/mol. The number of hydrogen-bond acceptors (Lipinski definition) is 4. The number of fused-ring (bicyclic) bond motifs is 1. The monoisotopic (exact) mass is 341 g/mol. The number of aromatic nitrogens is 2. The van der Waals surface area contributed by atoms with Gasteiger partial charge in [-0.1, -0.05) is 6.07 Å². The molecule has 0 radical (unpaired) electrons. The van der Waals surface area contributed by atoms with E-state index in [0.29, 0.717) is 25.2 Å². The first-order valence-electron chi connectivity index (χ1n) is 9.18. The van der Waals surface area contributed by atoms with Crippen LogP contribution in [0.15, 0.2) is 30.6 Å². The Morgan fingerprint density at radius 3 is 2.64 bits per heavy atom. The van der Waals surface area contributed by atoms with Crippen LogP contribution < -0.4 is 14.8 Å². The lowest BCUT2D eigenvalue weighted by Crippen LogP contribution is -2.24. The van der Waals surface area contributed by atoms with E-state index in [4.69, 9.17) is 9.47 Å². The van der Waals surface area contributed by atoms with E-state index in [1.165, 1.54) is 24.0 Å². The molecule has 5 heteroatoms. The van der Waals surface area contributed by atoms with Crippen LogP contribution in [0.2, 0.25) is 0 Å². The standard InChI is InChI=1S/C20H27N3O2/c1-20(2,3)23-13-14(12-22-23)11-21-19(15-4-5-15)16-6-7-17-18(10-16)25-9-8-24-17/h6-7,10,12-13,15,19,21H,4-5,8-9,11H2,1-3H3/t19-/m0/s1. The number of rotatable bonds is 5. The summed E-state index contributed by atoms with van der Waals surface area (Å²) in [4.78, 5) is 0. The minimum atomic E-state index is 0.0178. The van der Waals surface area contributed by atoms with E-state index < -0.39 is 0 Å². The van der Waals surface area contributed by atoms with Gasteiger partial charge in [-0.05, 0) is 57.2 Å². The predicted octanol–water partition coefficient (Wildman–Crippen LogP) is 3.65. The number of ether oxygens (including phenoxy) is 2. The highest BCUT2D eigenvalue weighted by atomic mass is 16.6. The second-order valence-corrected chi connectivity index (χ2v) is 8.06. The zero-order chi connectivity index (χ0) is 17.4. The first kappa shape index (κ1) is 16.5. The Morgan fingerprint density at radius 1 is 1.20 bits per heavy atom. The third-order valence-corrected chi connectivity index (χ3v) is 4.87. The van der Waals surface area contributed by atoms with Gasteiger partial charge in [-0.15, -0.1) is 0 Å². The molecule has 4 rings (SSSR count). The molecule has 1 fully saturated rings. The maximum Gasteiger partial charge on any atom is 0.161 e. The molecule has 2 aliphatic rings. The van der Waals surface area contributed by atoms with Crippen LogP contribution in [-0.4, -0.2) is 23.0 Å². The molecule has 1 aromatic heterocycles. The van der Waals surface area contributed by atoms with Gasteiger partial charge in [0.1, 0.15) is 13.2 Å². The third-order valence-electron chi connectivity index (χ3n) is 4.87. The van der Waals surface area contributed by atoms with Crippen molar-refractivity contribution in [3.63, 3.8) is 0 Å². The molecule has 1 saturated carbocycles. The third kappa shape index (κ3) is 3.66. The Kier molecular flexibility index (Phi) is 4.20. The van der Waals surface area contributed by atoms with Crippen LogP contribution in [0.3, 0.4) is 0 Å². The zero-order valence-electron chi connectivity index (χ0n) is 15.3. The van der Waals surface area contributed by atoms with Gasteiger partial charge in [-0.3, -0.25) is 4.68 Å². The minimum Gasteiger partial charge on any atom is -0.486 e. The van der Waals surface area contributed by atoms with Crippen molar-refractivity contribution in [2.75, 3.05) is 13.2 Å². The van der Waals surface area contributed by atoms with Gasteiger partial charge in [0.25, 0.3) is 0 Å². The zero-order valence-corrected chi connectivity index (χ0v) is 15.3. The molecular formula is C20H27N3O2. The topological polar surface area (TPSA) is 48.3 Å². The van der Waals surface area contributed by atoms with Gasteiger partial charge in [0.2, 0.25) is 0 Å². The van der Waals surface area contributed by atoms with Crippen LogP contribution >= 0.6 is 0 Å². The molecule has 1 atom stereocenters. The smallest absolute Gasteiger partial charge is 0.161 e. The highest BCUT2D eigenvalue weighted by Gasteiger charge is 2.32. The summed E-state index contributed by atoms with van der Waals surface area (Å²) in [6, 6.07) is 6.71. The summed E-state index contributed by atoms with van der Waals surface area (Å²) in [5, 5.41) is 8.23. The van der Waals surface area contributed by atoms with E-state index in [0.717, 1.165) is 18.0 Å². The summed E-state index contributed by atoms with van der Waals surface area (Å²) >= 11 is 0. The van der Waals surface area contributed by atoms with Gasteiger partial charge in [0, 0.05) is 24.3 Å². The van der Waals surface area contributed by atoms with Crippen molar-refractivity contribution in [1.82, 2.24) is 15.1 Å². The normalized spacial score (nSPS) is 18.2. The molecule has 5 nitrogen and oxygen atoms in total. The van der Waals surface area contributed by atoms with Crippen molar-refractivity contribution in [2.24, 2.45) is 5.92 Å². The quantitative estimate of drug-likeness (QED) is 0.902. The van der Waals surface area contributed by atoms with Crippen molar-refractivity contribution in [1.29, 1.82) is 0 Å². The largest absolute Gasteiger partial charge is 0.486 e. The van der Waals surface area contributed by atoms with Crippen LogP contribution in [0.25, 0.3) is 0 Å². The average Bonchev–Trinajstić information content (AvgIpc) is 3.30. The van der Waals surface area contributed by atoms with Crippen molar-refractivity contribution in [3.8, 4) is 11.5 Å². The molecule has 0 unspecified atom stereocenters. The number of hydrogen-bond donors (Lipinski definition) is 1. The summed E-state index contributed by atoms with van der Waals surface area (Å²) in [6.45, 7) is 8.59. The van der Waals surface area contributed by atoms with E-state index in [9.17, 15) is 0 Å². The maximum atomic E-state index is 5.75. The van der Waals surface area contributed by atoms with Gasteiger partial charge in [0.15, 0.2) is 11.5 Å². The molecule has 0 saturated heterocycles. The fourth-order valence-corrected chi connectivity index (χ4v) is 3.29. The Morgan fingerprint density at radius 2 is 1.96 bits per heavy atom. The molecule has 0 spiro atoms. The number of nitrogens with zero attached hydrogens (tertiary/aromatic N) is 2. The molecule has 1 N–H and O–H groups in total. The van der Waals surface area contributed by atoms with Crippen LogP contribution in [-0.2, 0) is 12.1 Å². The van der Waals surface area contributed by atoms with E-state index in [2.05, 4.69) is 49.5 Å². The second kappa shape index (κ2) is 6.37. The summed E-state index contributed by atoms with van der Waals surface area (Å²) in [6.07, 6.45) is 6.67. The van der Waals surface area contributed by atoms with E-state index in [1.54, 1.807) is 0 Å². The summed E-state index contributed by atoms with van der Waals surface area (Å²) in [5.41, 5.74) is 2.53. The highest BCUT2D eigenvalue weighted by Crippen LogP contribution is 2.43. The van der Waals surface area contributed by atoms with Crippen molar-refractivity contribution in [2.45, 2.75) is 51.7 Å². The van der Waals surface area contributed by atoms with Crippen LogP contribution in [0.4, 0.5) is 0 Å². The fraction of sp³-hybridized carbons (Fsp3) is 0.550. The number of nitrogens with one attached hydrogen (secondary N) is 1. The van der Waals surface area contributed by atoms with Gasteiger partial charge in [-0.2, -0.15) is 5.10 Å². The van der Waals surface area contributed by atoms with Crippen LogP contribution in [0.5, 0.6) is 11.5 Å². The van der Waals surface area contributed by atoms with Crippen molar-refractivity contribution < 1.29 is 9.47 Å². The Bertz CT molecular complexity index is 744. The lowest BCUT2D eigenvalue weighted by Gasteiger charge is -2.23. The molecule has 1 aliphatic heterocycles. The molecule has 0 bridgehead atoms. The molecular weight excluding hydrogens is 314 g/mol.